The highest BCUT2D eigenvalue weighted by atomic mass is 32.2. The highest BCUT2D eigenvalue weighted by Crippen LogP contribution is 2.13. The van der Waals surface area contributed by atoms with E-state index in [4.69, 9.17) is 5.11 Å². The van der Waals surface area contributed by atoms with Crippen molar-refractivity contribution in [2.75, 3.05) is 5.75 Å². The van der Waals surface area contributed by atoms with Crippen LogP contribution in [0.3, 0.4) is 0 Å². The van der Waals surface area contributed by atoms with Crippen molar-refractivity contribution in [1.82, 2.24) is 9.55 Å². The van der Waals surface area contributed by atoms with Gasteiger partial charge in [-0.3, -0.25) is 9.36 Å². The van der Waals surface area contributed by atoms with Gasteiger partial charge in [0.1, 0.15) is 0 Å². The molecule has 0 aliphatic rings. The van der Waals surface area contributed by atoms with Gasteiger partial charge in [-0.1, -0.05) is 6.07 Å². The molecule has 0 amide bonds. The van der Waals surface area contributed by atoms with E-state index in [1.807, 2.05) is 0 Å². The molecule has 0 saturated carbocycles. The molecule has 0 saturated heterocycles. The van der Waals surface area contributed by atoms with E-state index in [0.29, 0.717) is 0 Å². The van der Waals surface area contributed by atoms with E-state index in [1.165, 1.54) is 41.4 Å². The molecular formula is C13H12N2O5S. The van der Waals surface area contributed by atoms with Crippen LogP contribution >= 0.6 is 0 Å². The zero-order valence-electron chi connectivity index (χ0n) is 10.8. The molecule has 0 spiro atoms. The summed E-state index contributed by atoms with van der Waals surface area (Å²) < 4.78 is 25.5. The van der Waals surface area contributed by atoms with Crippen molar-refractivity contribution in [2.24, 2.45) is 0 Å². The van der Waals surface area contributed by atoms with Crippen LogP contribution in [0.25, 0.3) is 0 Å². The first-order chi connectivity index (χ1) is 9.90. The molecule has 1 aromatic carbocycles. The molecule has 8 heteroatoms. The molecule has 0 aliphatic carbocycles. The summed E-state index contributed by atoms with van der Waals surface area (Å²) in [6, 6.07) is 6.34. The van der Waals surface area contributed by atoms with E-state index in [2.05, 4.69) is 4.98 Å². The number of rotatable bonds is 5. The average Bonchev–Trinajstić information content (AvgIpc) is 2.46. The maximum atomic E-state index is 12.2. The molecule has 110 valence electrons. The van der Waals surface area contributed by atoms with E-state index in [0.717, 1.165) is 6.07 Å². The van der Waals surface area contributed by atoms with Gasteiger partial charge in [-0.2, -0.15) is 0 Å². The Bertz CT molecular complexity index is 826. The lowest BCUT2D eigenvalue weighted by atomic mass is 10.2. The topological polar surface area (TPSA) is 106 Å². The average molecular weight is 308 g/mol. The second-order valence-corrected chi connectivity index (χ2v) is 6.37. The Labute approximate surface area is 120 Å². The predicted molar refractivity (Wildman–Crippen MR) is 74.0 cm³/mol. The number of carboxylic acid groups (broad SMARTS) is 1. The van der Waals surface area contributed by atoms with Crippen LogP contribution in [0, 0.1) is 0 Å². The number of aryl methyl sites for hydroxylation is 1. The van der Waals surface area contributed by atoms with Gasteiger partial charge in [0.25, 0.3) is 5.56 Å². The zero-order chi connectivity index (χ0) is 15.5. The number of hydrogen-bond donors (Lipinski definition) is 1. The van der Waals surface area contributed by atoms with E-state index in [9.17, 15) is 18.0 Å². The number of hydrogen-bond acceptors (Lipinski definition) is 5. The van der Waals surface area contributed by atoms with Crippen LogP contribution in [0.4, 0.5) is 0 Å². The standard InChI is InChI=1S/C13H12N2O5S/c16-12-4-5-14-9-15(12)6-7-21(19,20)11-3-1-2-10(8-11)13(17)18/h1-5,8-9H,6-7H2,(H,17,18). The van der Waals surface area contributed by atoms with Gasteiger partial charge in [-0.25, -0.2) is 18.2 Å². The minimum absolute atomic E-state index is 0.0493. The molecule has 2 rings (SSSR count). The van der Waals surface area contributed by atoms with E-state index in [-0.39, 0.29) is 28.3 Å². The van der Waals surface area contributed by atoms with Crippen molar-refractivity contribution in [3.63, 3.8) is 0 Å². The van der Waals surface area contributed by atoms with Crippen molar-refractivity contribution in [1.29, 1.82) is 0 Å². The molecule has 0 aliphatic heterocycles. The Morgan fingerprint density at radius 2 is 2.05 bits per heavy atom. The Hall–Kier alpha value is -2.48. The molecule has 1 aromatic heterocycles. The number of aromatic nitrogens is 2. The van der Waals surface area contributed by atoms with Gasteiger partial charge in [0.15, 0.2) is 9.84 Å². The Balaban J connectivity index is 2.23. The van der Waals surface area contributed by atoms with Crippen LogP contribution in [0.2, 0.25) is 0 Å². The highest BCUT2D eigenvalue weighted by molar-refractivity contribution is 7.91. The van der Waals surface area contributed by atoms with Crippen LogP contribution in [0.1, 0.15) is 10.4 Å². The quantitative estimate of drug-likeness (QED) is 0.857. The Kier molecular flexibility index (Phi) is 4.18. The highest BCUT2D eigenvalue weighted by Gasteiger charge is 2.16. The van der Waals surface area contributed by atoms with Crippen molar-refractivity contribution in [3.8, 4) is 0 Å². The molecule has 0 unspecified atom stereocenters. The zero-order valence-corrected chi connectivity index (χ0v) is 11.7. The first-order valence-electron chi connectivity index (χ1n) is 5.97. The maximum absolute atomic E-state index is 12.2. The second-order valence-electron chi connectivity index (χ2n) is 4.26. The molecule has 7 nitrogen and oxygen atoms in total. The Morgan fingerprint density at radius 1 is 1.29 bits per heavy atom. The van der Waals surface area contributed by atoms with Crippen LogP contribution in [-0.4, -0.2) is 34.8 Å². The monoisotopic (exact) mass is 308 g/mol. The van der Waals surface area contributed by atoms with E-state index in [1.54, 1.807) is 0 Å². The van der Waals surface area contributed by atoms with Gasteiger partial charge >= 0.3 is 5.97 Å². The second kappa shape index (κ2) is 5.88. The smallest absolute Gasteiger partial charge is 0.335 e. The molecule has 21 heavy (non-hydrogen) atoms. The molecule has 1 N–H and O–H groups in total. The molecular weight excluding hydrogens is 296 g/mol. The predicted octanol–water partition coefficient (Wildman–Crippen LogP) is 0.415. The number of carbonyl (C=O) groups is 1. The fraction of sp³-hybridized carbons (Fsp3) is 0.154. The molecule has 0 atom stereocenters. The Morgan fingerprint density at radius 3 is 2.71 bits per heavy atom. The summed E-state index contributed by atoms with van der Waals surface area (Å²) in [6.07, 6.45) is 2.58. The first kappa shape index (κ1) is 14.9. The summed E-state index contributed by atoms with van der Waals surface area (Å²) in [4.78, 5) is 26.0. The summed E-state index contributed by atoms with van der Waals surface area (Å²) in [5.74, 6) is -1.52. The van der Waals surface area contributed by atoms with Crippen LogP contribution in [-0.2, 0) is 16.4 Å². The minimum Gasteiger partial charge on any atom is -0.478 e. The number of carboxylic acids is 1. The van der Waals surface area contributed by atoms with Gasteiger partial charge in [-0.15, -0.1) is 0 Å². The summed E-state index contributed by atoms with van der Waals surface area (Å²) in [7, 11) is -3.68. The van der Waals surface area contributed by atoms with Gasteiger partial charge in [-0.05, 0) is 18.2 Å². The molecule has 0 bridgehead atoms. The van der Waals surface area contributed by atoms with Crippen molar-refractivity contribution >= 4 is 15.8 Å². The van der Waals surface area contributed by atoms with E-state index < -0.39 is 15.8 Å². The normalized spacial score (nSPS) is 11.2. The van der Waals surface area contributed by atoms with Crippen molar-refractivity contribution in [3.05, 3.63) is 58.8 Å². The molecule has 0 fully saturated rings. The molecule has 1 heterocycles. The molecule has 0 radical (unpaired) electrons. The number of sulfone groups is 1. The number of benzene rings is 1. The largest absolute Gasteiger partial charge is 0.478 e. The van der Waals surface area contributed by atoms with Crippen LogP contribution in [0.15, 0.2) is 52.5 Å². The van der Waals surface area contributed by atoms with Crippen LogP contribution < -0.4 is 5.56 Å². The van der Waals surface area contributed by atoms with Crippen molar-refractivity contribution < 1.29 is 18.3 Å². The number of aromatic carboxylic acids is 1. The summed E-state index contributed by atoms with van der Waals surface area (Å²) in [6.45, 7) is -0.0493. The first-order valence-corrected chi connectivity index (χ1v) is 7.62. The van der Waals surface area contributed by atoms with Gasteiger partial charge in [0.05, 0.1) is 22.5 Å². The van der Waals surface area contributed by atoms with Crippen molar-refractivity contribution in [2.45, 2.75) is 11.4 Å². The fourth-order valence-corrected chi connectivity index (χ4v) is 2.97. The van der Waals surface area contributed by atoms with E-state index >= 15 is 0 Å². The lowest BCUT2D eigenvalue weighted by Gasteiger charge is -2.07. The van der Waals surface area contributed by atoms with Gasteiger partial charge < -0.3 is 5.11 Å². The fourth-order valence-electron chi connectivity index (χ4n) is 1.71. The van der Waals surface area contributed by atoms with Gasteiger partial charge in [0, 0.05) is 18.8 Å². The SMILES string of the molecule is O=C(O)c1cccc(S(=O)(=O)CCn2cnccc2=O)c1. The minimum atomic E-state index is -3.68. The third kappa shape index (κ3) is 3.54. The lowest BCUT2D eigenvalue weighted by Crippen LogP contribution is -2.23. The van der Waals surface area contributed by atoms with Crippen LogP contribution in [0.5, 0.6) is 0 Å². The summed E-state index contributed by atoms with van der Waals surface area (Å²) >= 11 is 0. The summed E-state index contributed by atoms with van der Waals surface area (Å²) in [5.41, 5.74) is -0.450. The maximum Gasteiger partial charge on any atom is 0.335 e. The summed E-state index contributed by atoms with van der Waals surface area (Å²) in [5, 5.41) is 8.87. The lowest BCUT2D eigenvalue weighted by molar-refractivity contribution is 0.0696. The third-order valence-corrected chi connectivity index (χ3v) is 4.53. The molecule has 2 aromatic rings. The number of nitrogens with zero attached hydrogens (tertiary/aromatic N) is 2. The third-order valence-electron chi connectivity index (χ3n) is 2.83. The van der Waals surface area contributed by atoms with Gasteiger partial charge in [0.2, 0.25) is 0 Å².